The van der Waals surface area contributed by atoms with Gasteiger partial charge in [-0.3, -0.25) is 9.78 Å². The van der Waals surface area contributed by atoms with Crippen molar-refractivity contribution in [2.75, 3.05) is 11.9 Å². The lowest BCUT2D eigenvalue weighted by molar-refractivity contribution is 0.102. The number of amides is 1. The van der Waals surface area contributed by atoms with E-state index in [-0.39, 0.29) is 18.2 Å². The molecule has 1 heterocycles. The number of nitrogens with one attached hydrogen (secondary N) is 1. The van der Waals surface area contributed by atoms with E-state index in [4.69, 9.17) is 5.11 Å². The first-order valence-corrected chi connectivity index (χ1v) is 6.07. The number of carbonyl (C=O) groups is 1. The van der Waals surface area contributed by atoms with E-state index in [0.717, 1.165) is 12.0 Å². The van der Waals surface area contributed by atoms with Crippen molar-refractivity contribution in [2.45, 2.75) is 12.8 Å². The minimum Gasteiger partial charge on any atom is -0.396 e. The molecular weight excluding hydrogens is 242 g/mol. The van der Waals surface area contributed by atoms with Crippen LogP contribution >= 0.6 is 0 Å². The summed E-state index contributed by atoms with van der Waals surface area (Å²) in [6.07, 6.45) is 5.91. The van der Waals surface area contributed by atoms with Crippen LogP contribution in [0.1, 0.15) is 22.5 Å². The number of nitrogens with zero attached hydrogens (tertiary/aromatic N) is 2. The molecular formula is C14H15N3O2. The lowest BCUT2D eigenvalue weighted by atomic mass is 10.1. The SMILES string of the molecule is O=C(Nc1cccc(CCCO)c1)c1cnccn1. The quantitative estimate of drug-likeness (QED) is 0.854. The van der Waals surface area contributed by atoms with Crippen molar-refractivity contribution in [3.05, 3.63) is 54.1 Å². The second kappa shape index (κ2) is 6.61. The average Bonchev–Trinajstić information content (AvgIpc) is 2.46. The van der Waals surface area contributed by atoms with E-state index in [2.05, 4.69) is 15.3 Å². The molecule has 0 radical (unpaired) electrons. The molecule has 0 spiro atoms. The van der Waals surface area contributed by atoms with E-state index >= 15 is 0 Å². The zero-order valence-corrected chi connectivity index (χ0v) is 10.4. The maximum absolute atomic E-state index is 11.9. The van der Waals surface area contributed by atoms with Gasteiger partial charge in [0.05, 0.1) is 6.20 Å². The number of carbonyl (C=O) groups excluding carboxylic acids is 1. The summed E-state index contributed by atoms with van der Waals surface area (Å²) in [5.74, 6) is -0.285. The molecule has 0 bridgehead atoms. The maximum Gasteiger partial charge on any atom is 0.275 e. The second-order valence-corrected chi connectivity index (χ2v) is 4.07. The lowest BCUT2D eigenvalue weighted by Crippen LogP contribution is -2.13. The topological polar surface area (TPSA) is 75.1 Å². The summed E-state index contributed by atoms with van der Waals surface area (Å²) in [5, 5.41) is 11.6. The molecule has 19 heavy (non-hydrogen) atoms. The van der Waals surface area contributed by atoms with Crippen LogP contribution < -0.4 is 5.32 Å². The van der Waals surface area contributed by atoms with Crippen molar-refractivity contribution in [3.63, 3.8) is 0 Å². The van der Waals surface area contributed by atoms with Gasteiger partial charge >= 0.3 is 0 Å². The Bertz CT molecular complexity index is 543. The molecule has 1 amide bonds. The van der Waals surface area contributed by atoms with E-state index in [1.807, 2.05) is 24.3 Å². The van der Waals surface area contributed by atoms with Gasteiger partial charge in [-0.2, -0.15) is 0 Å². The first-order valence-electron chi connectivity index (χ1n) is 6.07. The van der Waals surface area contributed by atoms with Crippen molar-refractivity contribution in [1.82, 2.24) is 9.97 Å². The third-order valence-electron chi connectivity index (χ3n) is 2.60. The zero-order valence-electron chi connectivity index (χ0n) is 10.4. The van der Waals surface area contributed by atoms with Gasteiger partial charge in [0.2, 0.25) is 0 Å². The number of aliphatic hydroxyl groups excluding tert-OH is 1. The maximum atomic E-state index is 11.9. The van der Waals surface area contributed by atoms with Crippen LogP contribution in [0.2, 0.25) is 0 Å². The van der Waals surface area contributed by atoms with Gasteiger partial charge in [0.25, 0.3) is 5.91 Å². The fraction of sp³-hybridized carbons (Fsp3) is 0.214. The van der Waals surface area contributed by atoms with Gasteiger partial charge in [-0.15, -0.1) is 0 Å². The average molecular weight is 257 g/mol. The minimum atomic E-state index is -0.285. The smallest absolute Gasteiger partial charge is 0.275 e. The largest absolute Gasteiger partial charge is 0.396 e. The number of anilines is 1. The van der Waals surface area contributed by atoms with E-state index < -0.39 is 0 Å². The molecule has 98 valence electrons. The number of rotatable bonds is 5. The molecule has 1 aromatic carbocycles. The molecule has 1 aromatic heterocycles. The molecule has 0 aliphatic carbocycles. The van der Waals surface area contributed by atoms with Gasteiger partial charge in [0, 0.05) is 24.7 Å². The normalized spacial score (nSPS) is 10.2. The molecule has 0 unspecified atom stereocenters. The highest BCUT2D eigenvalue weighted by atomic mass is 16.2. The Morgan fingerprint density at radius 2 is 2.21 bits per heavy atom. The molecule has 0 fully saturated rings. The highest BCUT2D eigenvalue weighted by Gasteiger charge is 2.07. The van der Waals surface area contributed by atoms with Crippen molar-refractivity contribution in [1.29, 1.82) is 0 Å². The van der Waals surface area contributed by atoms with Crippen LogP contribution in [-0.4, -0.2) is 27.6 Å². The summed E-state index contributed by atoms with van der Waals surface area (Å²) in [6, 6.07) is 7.55. The highest BCUT2D eigenvalue weighted by molar-refractivity contribution is 6.02. The molecule has 5 nitrogen and oxygen atoms in total. The highest BCUT2D eigenvalue weighted by Crippen LogP contribution is 2.13. The van der Waals surface area contributed by atoms with Crippen molar-refractivity contribution in [2.24, 2.45) is 0 Å². The van der Waals surface area contributed by atoms with Crippen molar-refractivity contribution in [3.8, 4) is 0 Å². The summed E-state index contributed by atoms with van der Waals surface area (Å²) >= 11 is 0. The second-order valence-electron chi connectivity index (χ2n) is 4.07. The molecule has 0 aliphatic heterocycles. The molecule has 0 saturated heterocycles. The predicted octanol–water partition coefficient (Wildman–Crippen LogP) is 1.65. The van der Waals surface area contributed by atoms with Gasteiger partial charge in [0.15, 0.2) is 0 Å². The number of hydrogen-bond acceptors (Lipinski definition) is 4. The summed E-state index contributed by atoms with van der Waals surface area (Å²) in [7, 11) is 0. The van der Waals surface area contributed by atoms with Crippen molar-refractivity contribution >= 4 is 11.6 Å². The number of aromatic nitrogens is 2. The van der Waals surface area contributed by atoms with Crippen LogP contribution in [0.5, 0.6) is 0 Å². The number of aryl methyl sites for hydroxylation is 1. The third kappa shape index (κ3) is 3.86. The van der Waals surface area contributed by atoms with Crippen LogP contribution in [0.4, 0.5) is 5.69 Å². The molecule has 0 aliphatic rings. The van der Waals surface area contributed by atoms with Crippen LogP contribution in [0.3, 0.4) is 0 Å². The summed E-state index contributed by atoms with van der Waals surface area (Å²) < 4.78 is 0. The van der Waals surface area contributed by atoms with Crippen molar-refractivity contribution < 1.29 is 9.90 Å². The Labute approximate surface area is 111 Å². The molecule has 2 aromatic rings. The molecule has 2 N–H and O–H groups in total. The third-order valence-corrected chi connectivity index (χ3v) is 2.60. The molecule has 5 heteroatoms. The van der Waals surface area contributed by atoms with E-state index in [1.54, 1.807) is 0 Å². The van der Waals surface area contributed by atoms with Gasteiger partial charge < -0.3 is 10.4 Å². The standard InChI is InChI=1S/C14H15N3O2/c18-8-2-4-11-3-1-5-12(9-11)17-14(19)13-10-15-6-7-16-13/h1,3,5-7,9-10,18H,2,4,8H2,(H,17,19). The van der Waals surface area contributed by atoms with E-state index in [1.165, 1.54) is 18.6 Å². The van der Waals surface area contributed by atoms with Gasteiger partial charge in [-0.25, -0.2) is 4.98 Å². The monoisotopic (exact) mass is 257 g/mol. The first-order chi connectivity index (χ1) is 9.29. The van der Waals surface area contributed by atoms with Crippen LogP contribution in [0.15, 0.2) is 42.9 Å². The first kappa shape index (κ1) is 13.2. The number of aliphatic hydroxyl groups is 1. The molecule has 0 atom stereocenters. The van der Waals surface area contributed by atoms with Gasteiger partial charge in [-0.1, -0.05) is 12.1 Å². The Morgan fingerprint density at radius 3 is 2.95 bits per heavy atom. The summed E-state index contributed by atoms with van der Waals surface area (Å²) in [4.78, 5) is 19.7. The van der Waals surface area contributed by atoms with Crippen LogP contribution in [0, 0.1) is 0 Å². The lowest BCUT2D eigenvalue weighted by Gasteiger charge is -2.06. The minimum absolute atomic E-state index is 0.163. The summed E-state index contributed by atoms with van der Waals surface area (Å²) in [6.45, 7) is 0.163. The van der Waals surface area contributed by atoms with E-state index in [0.29, 0.717) is 12.1 Å². The Balaban J connectivity index is 2.05. The zero-order chi connectivity index (χ0) is 13.5. The van der Waals surface area contributed by atoms with Crippen LogP contribution in [-0.2, 0) is 6.42 Å². The Hall–Kier alpha value is -2.27. The Morgan fingerprint density at radius 1 is 1.32 bits per heavy atom. The van der Waals surface area contributed by atoms with Gasteiger partial charge in [0.1, 0.15) is 5.69 Å². The molecule has 0 saturated carbocycles. The van der Waals surface area contributed by atoms with Gasteiger partial charge in [-0.05, 0) is 30.5 Å². The summed E-state index contributed by atoms with van der Waals surface area (Å²) in [5.41, 5.74) is 2.07. The van der Waals surface area contributed by atoms with E-state index in [9.17, 15) is 4.79 Å². The predicted molar refractivity (Wildman–Crippen MR) is 71.8 cm³/mol. The fourth-order valence-electron chi connectivity index (χ4n) is 1.70. The molecule has 2 rings (SSSR count). The number of benzene rings is 1. The number of hydrogen-bond donors (Lipinski definition) is 2. The van der Waals surface area contributed by atoms with Crippen LogP contribution in [0.25, 0.3) is 0 Å². The Kier molecular flexibility index (Phi) is 4.58. The fourth-order valence-corrected chi connectivity index (χ4v) is 1.70.